The van der Waals surface area contributed by atoms with Crippen molar-refractivity contribution in [1.82, 2.24) is 14.9 Å². The summed E-state index contributed by atoms with van der Waals surface area (Å²) in [6.07, 6.45) is 4.29. The van der Waals surface area contributed by atoms with Crippen LogP contribution in [0.25, 0.3) is 0 Å². The zero-order valence-corrected chi connectivity index (χ0v) is 16.4. The summed E-state index contributed by atoms with van der Waals surface area (Å²) < 4.78 is 10.8. The molecule has 2 aromatic rings. The molecule has 7 nitrogen and oxygen atoms in total. The highest BCUT2D eigenvalue weighted by Crippen LogP contribution is 2.32. The fourth-order valence-electron chi connectivity index (χ4n) is 3.83. The van der Waals surface area contributed by atoms with Gasteiger partial charge in [-0.15, -0.1) is 0 Å². The highest BCUT2D eigenvalue weighted by molar-refractivity contribution is 5.93. The van der Waals surface area contributed by atoms with Crippen molar-refractivity contribution in [1.29, 1.82) is 0 Å². The molecule has 1 aromatic heterocycles. The van der Waals surface area contributed by atoms with Crippen LogP contribution in [0.2, 0.25) is 0 Å². The zero-order valence-electron chi connectivity index (χ0n) is 16.4. The molecule has 1 atom stereocenters. The van der Waals surface area contributed by atoms with Crippen LogP contribution in [0.3, 0.4) is 0 Å². The molecule has 1 saturated heterocycles. The maximum absolute atomic E-state index is 13.1. The van der Waals surface area contributed by atoms with Gasteiger partial charge in [0.05, 0.1) is 0 Å². The second-order valence-electron chi connectivity index (χ2n) is 7.32. The summed E-state index contributed by atoms with van der Waals surface area (Å²) in [6.45, 7) is 5.63. The van der Waals surface area contributed by atoms with Crippen LogP contribution in [0.1, 0.15) is 54.4 Å². The van der Waals surface area contributed by atoms with E-state index in [9.17, 15) is 4.79 Å². The monoisotopic (exact) mass is 382 g/mol. The predicted octanol–water partition coefficient (Wildman–Crippen LogP) is 3.53. The number of carbonyl (C=O) groups excluding carboxylic acids is 1. The predicted molar refractivity (Wildman–Crippen MR) is 106 cm³/mol. The minimum absolute atomic E-state index is 0.00294. The van der Waals surface area contributed by atoms with Gasteiger partial charge in [0, 0.05) is 24.8 Å². The van der Waals surface area contributed by atoms with Crippen LogP contribution >= 0.6 is 0 Å². The summed E-state index contributed by atoms with van der Waals surface area (Å²) in [4.78, 5) is 24.0. The van der Waals surface area contributed by atoms with Gasteiger partial charge < -0.3 is 19.7 Å². The molecule has 0 radical (unpaired) electrons. The molecule has 4 rings (SSSR count). The van der Waals surface area contributed by atoms with Gasteiger partial charge in [-0.05, 0) is 56.4 Å². The fourth-order valence-corrected chi connectivity index (χ4v) is 3.83. The van der Waals surface area contributed by atoms with Crippen LogP contribution in [0, 0.1) is 6.92 Å². The van der Waals surface area contributed by atoms with Crippen LogP contribution in [-0.4, -0.2) is 40.2 Å². The molecule has 28 heavy (non-hydrogen) atoms. The molecule has 0 bridgehead atoms. The number of aryl methyl sites for hydroxylation is 1. The Bertz CT molecular complexity index is 871. The summed E-state index contributed by atoms with van der Waals surface area (Å²) in [5.41, 5.74) is 2.27. The smallest absolute Gasteiger partial charge is 0.272 e. The Balaban J connectivity index is 1.48. The van der Waals surface area contributed by atoms with Crippen molar-refractivity contribution in [3.8, 4) is 11.5 Å². The number of benzene rings is 1. The first-order valence-electron chi connectivity index (χ1n) is 9.93. The number of amides is 1. The lowest BCUT2D eigenvalue weighted by molar-refractivity contribution is 0.0601. The Morgan fingerprint density at radius 3 is 2.93 bits per heavy atom. The van der Waals surface area contributed by atoms with Crippen LogP contribution in [-0.2, 0) is 6.54 Å². The second kappa shape index (κ2) is 8.04. The Morgan fingerprint density at radius 1 is 1.21 bits per heavy atom. The van der Waals surface area contributed by atoms with E-state index in [1.807, 2.05) is 30.0 Å². The number of nitrogens with zero attached hydrogens (tertiary/aromatic N) is 3. The van der Waals surface area contributed by atoms with Gasteiger partial charge in [0.15, 0.2) is 11.5 Å². The van der Waals surface area contributed by atoms with Gasteiger partial charge in [0.2, 0.25) is 12.7 Å². The Labute approximate surface area is 165 Å². The number of carbonyl (C=O) groups is 1. The van der Waals surface area contributed by atoms with Crippen LogP contribution in [0.15, 0.2) is 24.3 Å². The molecule has 1 fully saturated rings. The summed E-state index contributed by atoms with van der Waals surface area (Å²) in [7, 11) is 0. The van der Waals surface area contributed by atoms with Crippen LogP contribution in [0.4, 0.5) is 5.95 Å². The summed E-state index contributed by atoms with van der Waals surface area (Å²) in [5, 5.41) is 3.23. The van der Waals surface area contributed by atoms with E-state index in [0.29, 0.717) is 24.2 Å². The number of hydrogen-bond donors (Lipinski definition) is 1. The standard InChI is InChI=1S/C21H26N4O3/c1-3-16-6-4-5-9-25(16)20(26)17-10-14(2)23-21(24-17)22-12-15-7-8-18-19(11-15)28-13-27-18/h7-8,10-11,16H,3-6,9,12-13H2,1-2H3,(H,22,23,24). The van der Waals surface area contributed by atoms with Gasteiger partial charge in [0.1, 0.15) is 5.69 Å². The minimum Gasteiger partial charge on any atom is -0.454 e. The van der Waals surface area contributed by atoms with Crippen molar-refractivity contribution in [2.75, 3.05) is 18.7 Å². The number of piperidine rings is 1. The molecular weight excluding hydrogens is 356 g/mol. The average Bonchev–Trinajstić information content (AvgIpc) is 3.19. The van der Waals surface area contributed by atoms with Crippen LogP contribution in [0.5, 0.6) is 11.5 Å². The van der Waals surface area contributed by atoms with Gasteiger partial charge in [0.25, 0.3) is 5.91 Å². The van der Waals surface area contributed by atoms with Crippen molar-refractivity contribution in [2.45, 2.75) is 52.1 Å². The van der Waals surface area contributed by atoms with Crippen molar-refractivity contribution in [3.63, 3.8) is 0 Å². The number of nitrogens with one attached hydrogen (secondary N) is 1. The number of hydrogen-bond acceptors (Lipinski definition) is 6. The summed E-state index contributed by atoms with van der Waals surface area (Å²) in [5.74, 6) is 1.97. The third-order valence-electron chi connectivity index (χ3n) is 5.32. The Kier molecular flexibility index (Phi) is 5.32. The highest BCUT2D eigenvalue weighted by Gasteiger charge is 2.27. The summed E-state index contributed by atoms with van der Waals surface area (Å²) in [6, 6.07) is 7.89. The molecule has 1 unspecified atom stereocenters. The Hall–Kier alpha value is -2.83. The Morgan fingerprint density at radius 2 is 2.07 bits per heavy atom. The fraction of sp³-hybridized carbons (Fsp3) is 0.476. The third kappa shape index (κ3) is 3.88. The molecule has 2 aliphatic rings. The lowest BCUT2D eigenvalue weighted by Crippen LogP contribution is -2.43. The van der Waals surface area contributed by atoms with Gasteiger partial charge in [-0.1, -0.05) is 13.0 Å². The van der Waals surface area contributed by atoms with E-state index in [0.717, 1.165) is 48.6 Å². The first-order chi connectivity index (χ1) is 13.6. The quantitative estimate of drug-likeness (QED) is 0.852. The van der Waals surface area contributed by atoms with E-state index in [1.54, 1.807) is 6.07 Å². The first-order valence-corrected chi connectivity index (χ1v) is 9.93. The SMILES string of the molecule is CCC1CCCCN1C(=O)c1cc(C)nc(NCc2ccc3c(c2)OCO3)n1. The number of fused-ring (bicyclic) bond motifs is 1. The van der Waals surface area contributed by atoms with E-state index in [2.05, 4.69) is 22.2 Å². The van der Waals surface area contributed by atoms with Gasteiger partial charge in [-0.25, -0.2) is 9.97 Å². The molecule has 1 N–H and O–H groups in total. The normalized spacial score (nSPS) is 18.2. The number of rotatable bonds is 5. The number of ether oxygens (including phenoxy) is 2. The lowest BCUT2D eigenvalue weighted by Gasteiger charge is -2.35. The minimum atomic E-state index is 0.00294. The van der Waals surface area contributed by atoms with Crippen molar-refractivity contribution < 1.29 is 14.3 Å². The van der Waals surface area contributed by atoms with E-state index >= 15 is 0 Å². The molecule has 0 aliphatic carbocycles. The van der Waals surface area contributed by atoms with Gasteiger partial charge in [-0.3, -0.25) is 4.79 Å². The molecule has 1 amide bonds. The van der Waals surface area contributed by atoms with E-state index in [1.165, 1.54) is 6.42 Å². The van der Waals surface area contributed by atoms with Crippen molar-refractivity contribution in [2.24, 2.45) is 0 Å². The third-order valence-corrected chi connectivity index (χ3v) is 5.32. The van der Waals surface area contributed by atoms with Crippen molar-refractivity contribution >= 4 is 11.9 Å². The molecule has 148 valence electrons. The van der Waals surface area contributed by atoms with Gasteiger partial charge >= 0.3 is 0 Å². The molecule has 2 aliphatic heterocycles. The highest BCUT2D eigenvalue weighted by atomic mass is 16.7. The van der Waals surface area contributed by atoms with E-state index < -0.39 is 0 Å². The lowest BCUT2D eigenvalue weighted by atomic mass is 9.99. The van der Waals surface area contributed by atoms with E-state index in [4.69, 9.17) is 9.47 Å². The molecular formula is C21H26N4O3. The number of aromatic nitrogens is 2. The second-order valence-corrected chi connectivity index (χ2v) is 7.32. The number of likely N-dealkylation sites (tertiary alicyclic amines) is 1. The summed E-state index contributed by atoms with van der Waals surface area (Å²) >= 11 is 0. The molecule has 1 aromatic carbocycles. The molecule has 0 spiro atoms. The molecule has 7 heteroatoms. The first kappa shape index (κ1) is 18.5. The zero-order chi connectivity index (χ0) is 19.5. The molecule has 0 saturated carbocycles. The largest absolute Gasteiger partial charge is 0.454 e. The maximum atomic E-state index is 13.1. The van der Waals surface area contributed by atoms with E-state index in [-0.39, 0.29) is 12.7 Å². The number of anilines is 1. The average molecular weight is 382 g/mol. The van der Waals surface area contributed by atoms with Crippen molar-refractivity contribution in [3.05, 3.63) is 41.2 Å². The topological polar surface area (TPSA) is 76.6 Å². The van der Waals surface area contributed by atoms with Crippen LogP contribution < -0.4 is 14.8 Å². The molecule has 3 heterocycles. The van der Waals surface area contributed by atoms with Gasteiger partial charge in [-0.2, -0.15) is 0 Å². The maximum Gasteiger partial charge on any atom is 0.272 e.